The zero-order valence-electron chi connectivity index (χ0n) is 16.8. The average Bonchev–Trinajstić information content (AvgIpc) is 3.48. The summed E-state index contributed by atoms with van der Waals surface area (Å²) < 4.78 is 37.1. The molecule has 1 saturated carbocycles. The van der Waals surface area contributed by atoms with Crippen LogP contribution in [0.1, 0.15) is 25.3 Å². The molecule has 2 aromatic rings. The van der Waals surface area contributed by atoms with Gasteiger partial charge in [-0.3, -0.25) is 4.79 Å². The summed E-state index contributed by atoms with van der Waals surface area (Å²) in [5.41, 5.74) is 4.90. The highest BCUT2D eigenvalue weighted by atomic mass is 19.1. The van der Waals surface area contributed by atoms with Crippen LogP contribution in [0.3, 0.4) is 0 Å². The van der Waals surface area contributed by atoms with Crippen LogP contribution in [0.5, 0.6) is 5.75 Å². The minimum Gasteiger partial charge on any atom is -0.449 e. The number of ether oxygens (including phenoxy) is 1. The molecule has 2 heterocycles. The van der Waals surface area contributed by atoms with Crippen LogP contribution < -0.4 is 20.8 Å². The highest BCUT2D eigenvalue weighted by Gasteiger charge is 2.40. The summed E-state index contributed by atoms with van der Waals surface area (Å²) in [6.45, 7) is 1.49. The third-order valence-corrected chi connectivity index (χ3v) is 6.74. The van der Waals surface area contributed by atoms with Crippen LogP contribution in [0.4, 0.5) is 19.3 Å². The number of anilines is 1. The molecular weight excluding hydrogens is 408 g/mol. The molecule has 9 heteroatoms. The van der Waals surface area contributed by atoms with E-state index in [9.17, 15) is 9.59 Å². The van der Waals surface area contributed by atoms with E-state index in [1.807, 2.05) is 0 Å². The Morgan fingerprint density at radius 2 is 2.06 bits per heavy atom. The first-order chi connectivity index (χ1) is 14.9. The van der Waals surface area contributed by atoms with E-state index in [-0.39, 0.29) is 40.4 Å². The number of aromatic nitrogens is 1. The van der Waals surface area contributed by atoms with E-state index in [4.69, 9.17) is 10.8 Å². The van der Waals surface area contributed by atoms with E-state index < -0.39 is 29.0 Å². The summed E-state index contributed by atoms with van der Waals surface area (Å²) in [5.74, 6) is -1.42. The van der Waals surface area contributed by atoms with Crippen molar-refractivity contribution in [2.24, 2.45) is 23.5 Å². The Kier molecular flexibility index (Phi) is 4.73. The third-order valence-electron chi connectivity index (χ3n) is 6.74. The lowest BCUT2D eigenvalue weighted by atomic mass is 9.78. The van der Waals surface area contributed by atoms with Crippen LogP contribution in [-0.2, 0) is 0 Å². The van der Waals surface area contributed by atoms with Gasteiger partial charge < -0.3 is 25.0 Å². The molecule has 3 N–H and O–H groups in total. The largest absolute Gasteiger partial charge is 0.511 e. The number of halogens is 2. The van der Waals surface area contributed by atoms with Gasteiger partial charge in [-0.05, 0) is 49.6 Å². The molecule has 31 heavy (non-hydrogen) atoms. The van der Waals surface area contributed by atoms with Crippen molar-refractivity contribution in [1.29, 1.82) is 0 Å². The first kappa shape index (κ1) is 20.0. The molecule has 0 spiro atoms. The van der Waals surface area contributed by atoms with E-state index in [0.717, 1.165) is 25.3 Å². The van der Waals surface area contributed by atoms with Crippen LogP contribution in [0, 0.1) is 29.4 Å². The number of carbonyl (C=O) groups is 1. The van der Waals surface area contributed by atoms with Gasteiger partial charge in [0.15, 0.2) is 11.6 Å². The molecule has 1 aliphatic heterocycles. The van der Waals surface area contributed by atoms with Crippen molar-refractivity contribution in [2.75, 3.05) is 24.5 Å². The number of fused-ring (bicyclic) bond motifs is 2. The summed E-state index contributed by atoms with van der Waals surface area (Å²) in [6, 6.07) is 0.920. The van der Waals surface area contributed by atoms with Gasteiger partial charge in [0.2, 0.25) is 5.43 Å². The molecule has 0 bridgehead atoms. The van der Waals surface area contributed by atoms with E-state index in [2.05, 4.69) is 16.9 Å². The Balaban J connectivity index is 1.63. The normalized spacial score (nSPS) is 25.1. The van der Waals surface area contributed by atoms with E-state index in [0.29, 0.717) is 19.6 Å². The van der Waals surface area contributed by atoms with Gasteiger partial charge >= 0.3 is 6.16 Å². The van der Waals surface area contributed by atoms with Gasteiger partial charge in [-0.25, -0.2) is 13.6 Å². The molecule has 0 radical (unpaired) electrons. The van der Waals surface area contributed by atoms with Gasteiger partial charge in [-0.15, -0.1) is 0 Å². The number of hydrogen-bond acceptors (Lipinski definition) is 5. The maximum Gasteiger partial charge on any atom is 0.511 e. The van der Waals surface area contributed by atoms with Crippen molar-refractivity contribution in [2.45, 2.75) is 25.3 Å². The number of nitrogens with two attached hydrogens (primary N) is 1. The fourth-order valence-electron chi connectivity index (χ4n) is 5.14. The minimum atomic E-state index is -1.65. The zero-order valence-corrected chi connectivity index (χ0v) is 16.8. The number of carboxylic acid groups (broad SMARTS) is 1. The summed E-state index contributed by atoms with van der Waals surface area (Å²) in [7, 11) is 0. The smallest absolute Gasteiger partial charge is 0.449 e. The molecule has 3 aliphatic rings. The zero-order chi connectivity index (χ0) is 21.9. The van der Waals surface area contributed by atoms with E-state index in [1.54, 1.807) is 4.90 Å². The van der Waals surface area contributed by atoms with Crippen LogP contribution in [-0.4, -0.2) is 35.5 Å². The monoisotopic (exact) mass is 431 g/mol. The lowest BCUT2D eigenvalue weighted by molar-refractivity contribution is 0.143. The maximum atomic E-state index is 15.8. The van der Waals surface area contributed by atoms with Crippen LogP contribution in [0.25, 0.3) is 10.9 Å². The quantitative estimate of drug-likeness (QED) is 0.570. The Morgan fingerprint density at radius 1 is 1.29 bits per heavy atom. The van der Waals surface area contributed by atoms with Crippen LogP contribution in [0.15, 0.2) is 29.2 Å². The number of benzene rings is 1. The lowest BCUT2D eigenvalue weighted by Crippen LogP contribution is -2.30. The Hall–Kier alpha value is -2.94. The first-order valence-electron chi connectivity index (χ1n) is 10.5. The predicted octanol–water partition coefficient (Wildman–Crippen LogP) is 3.26. The second kappa shape index (κ2) is 7.33. The molecule has 3 unspecified atom stereocenters. The maximum absolute atomic E-state index is 15.8. The molecule has 3 atom stereocenters. The van der Waals surface area contributed by atoms with Crippen molar-refractivity contribution in [3.63, 3.8) is 0 Å². The number of rotatable bonds is 4. The summed E-state index contributed by atoms with van der Waals surface area (Å²) in [6.07, 6.45) is 6.11. The SMILES string of the molecule is NCC1C=CCC2CN(c3c(F)cc4c(=O)c(OC(=O)O)cn(C5CC5)c4c3F)CC12. The van der Waals surface area contributed by atoms with Crippen molar-refractivity contribution in [3.8, 4) is 5.75 Å². The number of hydrogen-bond donors (Lipinski definition) is 2. The van der Waals surface area contributed by atoms with Gasteiger partial charge in [0.25, 0.3) is 0 Å². The minimum absolute atomic E-state index is 0.00925. The number of nitrogens with zero attached hydrogens (tertiary/aromatic N) is 2. The Bertz CT molecular complexity index is 1160. The average molecular weight is 431 g/mol. The molecule has 1 aromatic heterocycles. The molecule has 164 valence electrons. The molecule has 1 aromatic carbocycles. The Morgan fingerprint density at radius 3 is 2.74 bits per heavy atom. The molecule has 2 aliphatic carbocycles. The number of allylic oxidation sites excluding steroid dienone is 1. The van der Waals surface area contributed by atoms with Crippen molar-refractivity contribution >= 4 is 22.7 Å². The molecule has 0 amide bonds. The molecule has 1 saturated heterocycles. The fraction of sp³-hybridized carbons (Fsp3) is 0.455. The van der Waals surface area contributed by atoms with Crippen LogP contribution in [0.2, 0.25) is 0 Å². The standard InChI is InChI=1S/C22H23F2N3O4/c23-16-6-14-19(27(13-4-5-13)10-17(21(14)28)31-22(29)30)18(24)20(16)26-8-12-3-1-2-11(7-25)15(12)9-26/h1-2,6,10-13,15H,3-5,7-9,25H2,(H,29,30). The molecular formula is C22H23F2N3O4. The van der Waals surface area contributed by atoms with Crippen molar-refractivity contribution in [1.82, 2.24) is 4.57 Å². The van der Waals surface area contributed by atoms with Crippen LogP contribution >= 0.6 is 0 Å². The Labute approximate surface area is 176 Å². The van der Waals surface area contributed by atoms with Gasteiger partial charge in [0, 0.05) is 19.1 Å². The molecule has 5 rings (SSSR count). The predicted molar refractivity (Wildman–Crippen MR) is 111 cm³/mol. The highest BCUT2D eigenvalue weighted by molar-refractivity contribution is 5.86. The van der Waals surface area contributed by atoms with Gasteiger partial charge in [-0.2, -0.15) is 0 Å². The van der Waals surface area contributed by atoms with E-state index >= 15 is 8.78 Å². The first-order valence-corrected chi connectivity index (χ1v) is 10.5. The lowest BCUT2D eigenvalue weighted by Gasteiger charge is -2.27. The fourth-order valence-corrected chi connectivity index (χ4v) is 5.14. The van der Waals surface area contributed by atoms with Gasteiger partial charge in [0.1, 0.15) is 11.5 Å². The topological polar surface area (TPSA) is 97.8 Å². The number of pyridine rings is 1. The second-order valence-electron chi connectivity index (χ2n) is 8.64. The summed E-state index contributed by atoms with van der Waals surface area (Å²) in [5, 5.41) is 8.69. The van der Waals surface area contributed by atoms with Crippen molar-refractivity contribution in [3.05, 3.63) is 46.3 Å². The molecule has 7 nitrogen and oxygen atoms in total. The molecule has 2 fully saturated rings. The summed E-state index contributed by atoms with van der Waals surface area (Å²) in [4.78, 5) is 25.4. The van der Waals surface area contributed by atoms with E-state index in [1.165, 1.54) is 10.8 Å². The second-order valence-corrected chi connectivity index (χ2v) is 8.64. The van der Waals surface area contributed by atoms with Crippen molar-refractivity contribution < 1.29 is 23.4 Å². The van der Waals surface area contributed by atoms with Gasteiger partial charge in [-0.1, -0.05) is 12.2 Å². The highest BCUT2D eigenvalue weighted by Crippen LogP contribution is 2.43. The summed E-state index contributed by atoms with van der Waals surface area (Å²) >= 11 is 0. The van der Waals surface area contributed by atoms with Gasteiger partial charge in [0.05, 0.1) is 17.1 Å². The third kappa shape index (κ3) is 3.27.